The van der Waals surface area contributed by atoms with E-state index in [0.29, 0.717) is 18.0 Å². The maximum atomic E-state index is 12.8. The number of benzene rings is 3. The quantitative estimate of drug-likeness (QED) is 0.531. The lowest BCUT2D eigenvalue weighted by Crippen LogP contribution is -2.24. The summed E-state index contributed by atoms with van der Waals surface area (Å²) < 4.78 is 12.9. The normalized spacial score (nSPS) is 16.6. The summed E-state index contributed by atoms with van der Waals surface area (Å²) in [6.07, 6.45) is 0.340. The van der Waals surface area contributed by atoms with Gasteiger partial charge in [-0.1, -0.05) is 54.6 Å². The number of rotatable bonds is 3. The summed E-state index contributed by atoms with van der Waals surface area (Å²) in [7, 11) is 0. The number of nitrogens with zero attached hydrogens (tertiary/aromatic N) is 2. The van der Waals surface area contributed by atoms with Gasteiger partial charge >= 0.3 is 0 Å². The number of anilines is 1. The number of fused-ring (bicyclic) bond motifs is 2. The number of carbonyl (C=O) groups excluding carboxylic acids is 1. The molecule has 1 N–H and O–H groups in total. The first-order chi connectivity index (χ1) is 15.3. The molecule has 0 radical (unpaired) electrons. The number of para-hydroxylation sites is 1. The molecule has 1 unspecified atom stereocenters. The number of aromatic nitrogens is 2. The van der Waals surface area contributed by atoms with Crippen molar-refractivity contribution in [2.24, 2.45) is 0 Å². The molecule has 1 amide bonds. The number of ether oxygens (including phenoxy) is 2. The van der Waals surface area contributed by atoms with E-state index in [1.165, 1.54) is 0 Å². The van der Waals surface area contributed by atoms with Crippen LogP contribution in [0.4, 0.5) is 5.82 Å². The van der Waals surface area contributed by atoms with Gasteiger partial charge in [0.2, 0.25) is 12.7 Å². The lowest BCUT2D eigenvalue weighted by Gasteiger charge is -2.25. The second kappa shape index (κ2) is 7.02. The minimum atomic E-state index is -0.147. The largest absolute Gasteiger partial charge is 0.454 e. The molecule has 6 heteroatoms. The van der Waals surface area contributed by atoms with Crippen LogP contribution in [0.3, 0.4) is 0 Å². The van der Waals surface area contributed by atoms with Gasteiger partial charge in [-0.2, -0.15) is 5.10 Å². The van der Waals surface area contributed by atoms with Crippen LogP contribution in [-0.2, 0) is 4.79 Å². The number of hydrogen-bond donors (Lipinski definition) is 1. The molecule has 2 aliphatic heterocycles. The zero-order valence-electron chi connectivity index (χ0n) is 16.6. The van der Waals surface area contributed by atoms with Crippen LogP contribution in [0.5, 0.6) is 11.5 Å². The van der Waals surface area contributed by atoms with Crippen LogP contribution >= 0.6 is 0 Å². The Kier molecular flexibility index (Phi) is 4.02. The molecule has 6 nitrogen and oxygen atoms in total. The first-order valence-electron chi connectivity index (χ1n) is 10.2. The summed E-state index contributed by atoms with van der Waals surface area (Å²) in [5, 5.41) is 8.04. The molecule has 6 rings (SSSR count). The van der Waals surface area contributed by atoms with E-state index in [-0.39, 0.29) is 18.6 Å². The van der Waals surface area contributed by atoms with Crippen LogP contribution in [-0.4, -0.2) is 22.5 Å². The maximum absolute atomic E-state index is 12.8. The fourth-order valence-corrected chi connectivity index (χ4v) is 4.33. The molecule has 0 bridgehead atoms. The summed E-state index contributed by atoms with van der Waals surface area (Å²) in [4.78, 5) is 12.8. The van der Waals surface area contributed by atoms with Crippen LogP contribution in [0.1, 0.15) is 23.5 Å². The van der Waals surface area contributed by atoms with E-state index in [1.807, 2.05) is 83.5 Å². The highest BCUT2D eigenvalue weighted by Gasteiger charge is 2.35. The fraction of sp³-hybridized carbons (Fsp3) is 0.120. The van der Waals surface area contributed by atoms with E-state index >= 15 is 0 Å². The van der Waals surface area contributed by atoms with Gasteiger partial charge in [-0.05, 0) is 29.8 Å². The Labute approximate surface area is 179 Å². The molecule has 152 valence electrons. The van der Waals surface area contributed by atoms with Crippen molar-refractivity contribution >= 4 is 11.7 Å². The Bertz CT molecular complexity index is 1280. The summed E-state index contributed by atoms with van der Waals surface area (Å²) in [6.45, 7) is 0.219. The van der Waals surface area contributed by atoms with Crippen molar-refractivity contribution in [2.75, 3.05) is 12.1 Å². The first kappa shape index (κ1) is 17.8. The molecule has 4 aromatic rings. The predicted molar refractivity (Wildman–Crippen MR) is 117 cm³/mol. The third-order valence-corrected chi connectivity index (χ3v) is 5.76. The van der Waals surface area contributed by atoms with Gasteiger partial charge in [-0.25, -0.2) is 4.68 Å². The van der Waals surface area contributed by atoms with Gasteiger partial charge in [0.05, 0.1) is 11.4 Å². The van der Waals surface area contributed by atoms with Crippen LogP contribution in [0.25, 0.3) is 16.9 Å². The van der Waals surface area contributed by atoms with E-state index < -0.39 is 0 Å². The SMILES string of the molecule is O=C1CC(c2ccc3c(c2)OCO3)c2c(-c3ccccc3)nn(-c3ccccc3)c2N1. The van der Waals surface area contributed by atoms with Crippen LogP contribution in [0.2, 0.25) is 0 Å². The molecular formula is C25H19N3O3. The Hall–Kier alpha value is -4.06. The number of nitrogens with one attached hydrogen (secondary N) is 1. The highest BCUT2D eigenvalue weighted by atomic mass is 16.7. The Morgan fingerprint density at radius 1 is 0.903 bits per heavy atom. The lowest BCUT2D eigenvalue weighted by molar-refractivity contribution is -0.116. The van der Waals surface area contributed by atoms with E-state index in [1.54, 1.807) is 0 Å². The van der Waals surface area contributed by atoms with E-state index in [0.717, 1.165) is 33.8 Å². The van der Waals surface area contributed by atoms with Crippen LogP contribution in [0, 0.1) is 0 Å². The molecule has 0 saturated heterocycles. The van der Waals surface area contributed by atoms with E-state index in [4.69, 9.17) is 14.6 Å². The van der Waals surface area contributed by atoms with Gasteiger partial charge in [0.15, 0.2) is 11.5 Å². The topological polar surface area (TPSA) is 65.4 Å². The number of amides is 1. The molecule has 1 atom stereocenters. The third-order valence-electron chi connectivity index (χ3n) is 5.76. The van der Waals surface area contributed by atoms with Gasteiger partial charge in [0, 0.05) is 23.5 Å². The summed E-state index contributed by atoms with van der Waals surface area (Å²) in [5.41, 5.74) is 4.78. The van der Waals surface area contributed by atoms with E-state index in [9.17, 15) is 4.79 Å². The summed E-state index contributed by atoms with van der Waals surface area (Å²) in [5.74, 6) is 1.97. The fourth-order valence-electron chi connectivity index (χ4n) is 4.33. The molecule has 3 aromatic carbocycles. The summed E-state index contributed by atoms with van der Waals surface area (Å²) in [6, 6.07) is 25.8. The van der Waals surface area contributed by atoms with E-state index in [2.05, 4.69) is 5.32 Å². The molecular weight excluding hydrogens is 390 g/mol. The van der Waals surface area contributed by atoms with Crippen molar-refractivity contribution in [3.05, 3.63) is 90.0 Å². The molecule has 3 heterocycles. The lowest BCUT2D eigenvalue weighted by atomic mass is 9.84. The van der Waals surface area contributed by atoms with Crippen molar-refractivity contribution in [3.63, 3.8) is 0 Å². The average Bonchev–Trinajstić information content (AvgIpc) is 3.44. The molecule has 0 aliphatic carbocycles. The second-order valence-electron chi connectivity index (χ2n) is 7.64. The van der Waals surface area contributed by atoms with Gasteiger partial charge in [-0.3, -0.25) is 4.79 Å². The van der Waals surface area contributed by atoms with Crippen LogP contribution < -0.4 is 14.8 Å². The summed E-state index contributed by atoms with van der Waals surface area (Å²) >= 11 is 0. The smallest absolute Gasteiger partial charge is 0.231 e. The Morgan fingerprint density at radius 2 is 1.65 bits per heavy atom. The van der Waals surface area contributed by atoms with Gasteiger partial charge in [0.1, 0.15) is 5.82 Å². The van der Waals surface area contributed by atoms with Crippen molar-refractivity contribution in [1.29, 1.82) is 0 Å². The van der Waals surface area contributed by atoms with Crippen molar-refractivity contribution in [3.8, 4) is 28.4 Å². The Morgan fingerprint density at radius 3 is 2.45 bits per heavy atom. The molecule has 0 saturated carbocycles. The molecule has 0 fully saturated rings. The standard InChI is InChI=1S/C25H19N3O3/c29-22-14-19(17-11-12-20-21(13-17)31-15-30-20)23-24(16-7-3-1-4-8-16)27-28(25(23)26-22)18-9-5-2-6-10-18/h1-13,19H,14-15H2,(H,26,29). The number of hydrogen-bond acceptors (Lipinski definition) is 4. The first-order valence-corrected chi connectivity index (χ1v) is 10.2. The molecule has 0 spiro atoms. The molecule has 31 heavy (non-hydrogen) atoms. The minimum Gasteiger partial charge on any atom is -0.454 e. The average molecular weight is 409 g/mol. The van der Waals surface area contributed by atoms with Gasteiger partial charge in [-0.15, -0.1) is 0 Å². The van der Waals surface area contributed by atoms with Crippen molar-refractivity contribution in [2.45, 2.75) is 12.3 Å². The second-order valence-corrected chi connectivity index (χ2v) is 7.64. The highest BCUT2D eigenvalue weighted by Crippen LogP contribution is 2.45. The maximum Gasteiger partial charge on any atom is 0.231 e. The molecule has 1 aromatic heterocycles. The van der Waals surface area contributed by atoms with Gasteiger partial charge in [0.25, 0.3) is 0 Å². The minimum absolute atomic E-state index is 0.0353. The zero-order chi connectivity index (χ0) is 20.8. The predicted octanol–water partition coefficient (Wildman–Crippen LogP) is 4.74. The van der Waals surface area contributed by atoms with Crippen molar-refractivity contribution < 1.29 is 14.3 Å². The van der Waals surface area contributed by atoms with Crippen LogP contribution in [0.15, 0.2) is 78.9 Å². The monoisotopic (exact) mass is 409 g/mol. The number of carbonyl (C=O) groups is 1. The zero-order valence-corrected chi connectivity index (χ0v) is 16.6. The van der Waals surface area contributed by atoms with Gasteiger partial charge < -0.3 is 14.8 Å². The molecule has 2 aliphatic rings. The Balaban J connectivity index is 1.58. The highest BCUT2D eigenvalue weighted by molar-refractivity contribution is 5.96. The van der Waals surface area contributed by atoms with Crippen molar-refractivity contribution in [1.82, 2.24) is 9.78 Å². The third kappa shape index (κ3) is 2.95.